The lowest BCUT2D eigenvalue weighted by atomic mass is 9.87. The topological polar surface area (TPSA) is 69.7 Å². The average molecular weight is 483 g/mol. The molecule has 6 heteroatoms. The number of pyridine rings is 1. The molecule has 0 spiro atoms. The SMILES string of the molecule is O=C(OCCOc1ccc([C@@H]2CCNC[C@H]2OCc2ccc3ccccc3c2)cc1)c1cccnc1. The monoisotopic (exact) mass is 482 g/mol. The predicted molar refractivity (Wildman–Crippen MR) is 139 cm³/mol. The van der Waals surface area contributed by atoms with Gasteiger partial charge in [0.2, 0.25) is 0 Å². The van der Waals surface area contributed by atoms with Gasteiger partial charge in [-0.15, -0.1) is 0 Å². The van der Waals surface area contributed by atoms with Gasteiger partial charge in [0.25, 0.3) is 0 Å². The molecule has 5 rings (SSSR count). The normalized spacial score (nSPS) is 17.6. The zero-order valence-corrected chi connectivity index (χ0v) is 20.1. The fraction of sp³-hybridized carbons (Fsp3) is 0.267. The number of carbonyl (C=O) groups is 1. The van der Waals surface area contributed by atoms with Crippen LogP contribution in [-0.2, 0) is 16.1 Å². The summed E-state index contributed by atoms with van der Waals surface area (Å²) in [7, 11) is 0. The van der Waals surface area contributed by atoms with Gasteiger partial charge in [0.15, 0.2) is 0 Å². The fourth-order valence-electron chi connectivity index (χ4n) is 4.59. The van der Waals surface area contributed by atoms with E-state index in [4.69, 9.17) is 14.2 Å². The molecule has 2 atom stereocenters. The molecule has 4 aromatic rings. The molecule has 36 heavy (non-hydrogen) atoms. The molecule has 0 aliphatic carbocycles. The minimum Gasteiger partial charge on any atom is -0.490 e. The van der Waals surface area contributed by atoms with Gasteiger partial charge >= 0.3 is 5.97 Å². The van der Waals surface area contributed by atoms with Crippen molar-refractivity contribution in [2.24, 2.45) is 0 Å². The Hall–Kier alpha value is -3.74. The van der Waals surface area contributed by atoms with E-state index < -0.39 is 5.97 Å². The van der Waals surface area contributed by atoms with Crippen molar-refractivity contribution < 1.29 is 19.0 Å². The molecule has 1 saturated heterocycles. The van der Waals surface area contributed by atoms with Gasteiger partial charge in [0.1, 0.15) is 19.0 Å². The molecule has 0 bridgehead atoms. The maximum atomic E-state index is 12.0. The van der Waals surface area contributed by atoms with Crippen molar-refractivity contribution >= 4 is 16.7 Å². The number of benzene rings is 3. The first-order chi connectivity index (χ1) is 17.8. The number of rotatable bonds is 9. The quantitative estimate of drug-likeness (QED) is 0.263. The number of nitrogens with zero attached hydrogens (tertiary/aromatic N) is 1. The third-order valence-corrected chi connectivity index (χ3v) is 6.50. The highest BCUT2D eigenvalue weighted by molar-refractivity contribution is 5.88. The summed E-state index contributed by atoms with van der Waals surface area (Å²) in [6.45, 7) is 2.86. The Balaban J connectivity index is 1.13. The molecule has 1 fully saturated rings. The van der Waals surface area contributed by atoms with Gasteiger partial charge in [-0.25, -0.2) is 4.79 Å². The van der Waals surface area contributed by atoms with Crippen LogP contribution in [-0.4, -0.2) is 43.4 Å². The average Bonchev–Trinajstić information content (AvgIpc) is 2.95. The van der Waals surface area contributed by atoms with E-state index in [0.29, 0.717) is 18.1 Å². The highest BCUT2D eigenvalue weighted by Crippen LogP contribution is 2.30. The lowest BCUT2D eigenvalue weighted by molar-refractivity contribution is 0.0106. The Morgan fingerprint density at radius 2 is 1.81 bits per heavy atom. The number of esters is 1. The maximum absolute atomic E-state index is 12.0. The highest BCUT2D eigenvalue weighted by atomic mass is 16.6. The molecule has 1 aliphatic rings. The van der Waals surface area contributed by atoms with Crippen LogP contribution in [0.3, 0.4) is 0 Å². The largest absolute Gasteiger partial charge is 0.490 e. The van der Waals surface area contributed by atoms with Crippen LogP contribution in [0.15, 0.2) is 91.3 Å². The van der Waals surface area contributed by atoms with E-state index in [-0.39, 0.29) is 19.3 Å². The first-order valence-electron chi connectivity index (χ1n) is 12.4. The van der Waals surface area contributed by atoms with Crippen molar-refractivity contribution in [1.82, 2.24) is 10.3 Å². The Morgan fingerprint density at radius 1 is 0.944 bits per heavy atom. The van der Waals surface area contributed by atoms with Crippen LogP contribution in [0.4, 0.5) is 0 Å². The Morgan fingerprint density at radius 3 is 2.64 bits per heavy atom. The van der Waals surface area contributed by atoms with Crippen molar-refractivity contribution in [1.29, 1.82) is 0 Å². The van der Waals surface area contributed by atoms with Crippen molar-refractivity contribution in [3.05, 3.63) is 108 Å². The van der Waals surface area contributed by atoms with E-state index in [0.717, 1.165) is 25.3 Å². The van der Waals surface area contributed by atoms with E-state index in [1.807, 2.05) is 12.1 Å². The zero-order chi connectivity index (χ0) is 24.6. The Labute approximate surface area is 211 Å². The minimum atomic E-state index is -0.400. The fourth-order valence-corrected chi connectivity index (χ4v) is 4.59. The number of piperidine rings is 1. The van der Waals surface area contributed by atoms with Gasteiger partial charge < -0.3 is 19.5 Å². The summed E-state index contributed by atoms with van der Waals surface area (Å²) in [6, 6.07) is 26.5. The molecular formula is C30H30N2O4. The Bertz CT molecular complexity index is 1280. The molecule has 3 aromatic carbocycles. The second-order valence-corrected chi connectivity index (χ2v) is 8.93. The lowest BCUT2D eigenvalue weighted by Gasteiger charge is -2.32. The molecule has 1 aromatic heterocycles. The summed E-state index contributed by atoms with van der Waals surface area (Å²) in [5, 5.41) is 5.95. The van der Waals surface area contributed by atoms with Crippen molar-refractivity contribution in [2.75, 3.05) is 26.3 Å². The first kappa shape index (κ1) is 24.0. The number of hydrogen-bond donors (Lipinski definition) is 1. The van der Waals surface area contributed by atoms with E-state index in [1.165, 1.54) is 28.1 Å². The van der Waals surface area contributed by atoms with Crippen LogP contribution in [0.25, 0.3) is 10.8 Å². The third-order valence-electron chi connectivity index (χ3n) is 6.50. The number of aromatic nitrogens is 1. The zero-order valence-electron chi connectivity index (χ0n) is 20.1. The van der Waals surface area contributed by atoms with E-state index in [1.54, 1.807) is 18.3 Å². The molecular weight excluding hydrogens is 452 g/mol. The van der Waals surface area contributed by atoms with E-state index in [2.05, 4.69) is 64.9 Å². The molecule has 0 radical (unpaired) electrons. The predicted octanol–water partition coefficient (Wildman–Crippen LogP) is 5.13. The second kappa shape index (κ2) is 11.8. The summed E-state index contributed by atoms with van der Waals surface area (Å²) >= 11 is 0. The molecule has 6 nitrogen and oxygen atoms in total. The van der Waals surface area contributed by atoms with Crippen LogP contribution in [0.1, 0.15) is 33.8 Å². The molecule has 1 N–H and O–H groups in total. The van der Waals surface area contributed by atoms with Crippen molar-refractivity contribution in [3.8, 4) is 5.75 Å². The van der Waals surface area contributed by atoms with Gasteiger partial charge in [0, 0.05) is 24.9 Å². The van der Waals surface area contributed by atoms with Crippen LogP contribution >= 0.6 is 0 Å². The number of nitrogens with one attached hydrogen (secondary N) is 1. The molecule has 0 saturated carbocycles. The Kier molecular flexibility index (Phi) is 7.86. The van der Waals surface area contributed by atoms with Crippen LogP contribution in [0.2, 0.25) is 0 Å². The number of carbonyl (C=O) groups excluding carboxylic acids is 1. The molecule has 2 heterocycles. The summed E-state index contributed by atoms with van der Waals surface area (Å²) in [5.41, 5.74) is 2.86. The highest BCUT2D eigenvalue weighted by Gasteiger charge is 2.27. The first-order valence-corrected chi connectivity index (χ1v) is 12.4. The van der Waals surface area contributed by atoms with E-state index >= 15 is 0 Å². The minimum absolute atomic E-state index is 0.101. The third kappa shape index (κ3) is 6.08. The summed E-state index contributed by atoms with van der Waals surface area (Å²) in [5.74, 6) is 0.669. The van der Waals surface area contributed by atoms with Crippen LogP contribution < -0.4 is 10.1 Å². The molecule has 184 valence electrons. The van der Waals surface area contributed by atoms with Gasteiger partial charge in [0.05, 0.1) is 18.3 Å². The summed E-state index contributed by atoms with van der Waals surface area (Å²) < 4.78 is 17.4. The molecule has 1 aliphatic heterocycles. The van der Waals surface area contributed by atoms with Crippen LogP contribution in [0.5, 0.6) is 5.75 Å². The van der Waals surface area contributed by atoms with Gasteiger partial charge in [-0.3, -0.25) is 4.98 Å². The number of ether oxygens (including phenoxy) is 3. The van der Waals surface area contributed by atoms with Crippen LogP contribution in [0, 0.1) is 0 Å². The van der Waals surface area contributed by atoms with E-state index in [9.17, 15) is 4.79 Å². The smallest absolute Gasteiger partial charge is 0.339 e. The maximum Gasteiger partial charge on any atom is 0.339 e. The number of fused-ring (bicyclic) bond motifs is 1. The van der Waals surface area contributed by atoms with Gasteiger partial charge in [-0.2, -0.15) is 0 Å². The van der Waals surface area contributed by atoms with Crippen molar-refractivity contribution in [2.45, 2.75) is 25.0 Å². The van der Waals surface area contributed by atoms with Crippen molar-refractivity contribution in [3.63, 3.8) is 0 Å². The van der Waals surface area contributed by atoms with Gasteiger partial charge in [-0.05, 0) is 65.2 Å². The molecule has 0 amide bonds. The second-order valence-electron chi connectivity index (χ2n) is 8.93. The molecule has 0 unspecified atom stereocenters. The summed E-state index contributed by atoms with van der Waals surface area (Å²) in [4.78, 5) is 15.9. The summed E-state index contributed by atoms with van der Waals surface area (Å²) in [6.07, 6.45) is 4.23. The van der Waals surface area contributed by atoms with Gasteiger partial charge in [-0.1, -0.05) is 48.5 Å². The lowest BCUT2D eigenvalue weighted by Crippen LogP contribution is -2.40. The number of hydrogen-bond acceptors (Lipinski definition) is 6. The standard InChI is InChI=1S/C30H30N2O4/c33-30(26-6-3-14-31-19-26)35-17-16-34-27-11-9-24(10-12-27)28-13-15-32-20-29(28)36-21-22-7-8-23-4-1-2-5-25(23)18-22/h1-12,14,18-19,28-29,32H,13,15-17,20-21H2/t28-,29+/m0/s1.